The minimum atomic E-state index is 0.226. The van der Waals surface area contributed by atoms with Crippen molar-refractivity contribution in [3.8, 4) is 0 Å². The molecule has 3 nitrogen and oxygen atoms in total. The molecule has 2 unspecified atom stereocenters. The van der Waals surface area contributed by atoms with Crippen LogP contribution in [0.5, 0.6) is 0 Å². The van der Waals surface area contributed by atoms with Crippen LogP contribution >= 0.6 is 11.6 Å². The van der Waals surface area contributed by atoms with Gasteiger partial charge in [-0.1, -0.05) is 37.6 Å². The molecule has 2 atom stereocenters. The maximum atomic E-state index is 12.8. The molecular formula is C20H29ClN2O. The lowest BCUT2D eigenvalue weighted by atomic mass is 9.89. The van der Waals surface area contributed by atoms with Gasteiger partial charge in [0.1, 0.15) is 0 Å². The van der Waals surface area contributed by atoms with E-state index < -0.39 is 0 Å². The molecule has 3 rings (SSSR count). The van der Waals surface area contributed by atoms with Crippen molar-refractivity contribution in [2.24, 2.45) is 17.8 Å². The van der Waals surface area contributed by atoms with Crippen LogP contribution in [0.3, 0.4) is 0 Å². The normalized spacial score (nSPS) is 26.5. The highest BCUT2D eigenvalue weighted by Crippen LogP contribution is 2.26. The van der Waals surface area contributed by atoms with Crippen molar-refractivity contribution in [3.63, 3.8) is 0 Å². The van der Waals surface area contributed by atoms with E-state index in [0.29, 0.717) is 17.7 Å². The van der Waals surface area contributed by atoms with Crippen LogP contribution in [0.2, 0.25) is 5.02 Å². The van der Waals surface area contributed by atoms with Gasteiger partial charge in [-0.2, -0.15) is 0 Å². The first-order chi connectivity index (χ1) is 11.5. The maximum Gasteiger partial charge on any atom is 0.225 e. The molecule has 1 aromatic carbocycles. The molecule has 2 heterocycles. The van der Waals surface area contributed by atoms with Gasteiger partial charge in [0.05, 0.1) is 0 Å². The zero-order valence-electron chi connectivity index (χ0n) is 14.9. The molecule has 24 heavy (non-hydrogen) atoms. The molecule has 132 valence electrons. The summed E-state index contributed by atoms with van der Waals surface area (Å²) < 4.78 is 0. The Morgan fingerprint density at radius 1 is 1.08 bits per heavy atom. The second-order valence-corrected chi connectivity index (χ2v) is 8.30. The fourth-order valence-electron chi connectivity index (χ4n) is 4.29. The highest BCUT2D eigenvalue weighted by Gasteiger charge is 2.32. The Hall–Kier alpha value is -1.06. The molecule has 2 aliphatic rings. The van der Waals surface area contributed by atoms with Crippen molar-refractivity contribution < 1.29 is 4.79 Å². The van der Waals surface area contributed by atoms with Gasteiger partial charge in [-0.05, 0) is 61.9 Å². The zero-order valence-corrected chi connectivity index (χ0v) is 15.6. The Kier molecular flexibility index (Phi) is 5.83. The van der Waals surface area contributed by atoms with Crippen molar-refractivity contribution >= 4 is 17.5 Å². The van der Waals surface area contributed by atoms with Gasteiger partial charge in [-0.15, -0.1) is 0 Å². The van der Waals surface area contributed by atoms with Gasteiger partial charge in [0.2, 0.25) is 5.91 Å². The van der Waals surface area contributed by atoms with Crippen molar-refractivity contribution in [2.45, 2.75) is 39.7 Å². The third kappa shape index (κ3) is 4.52. The first-order valence-corrected chi connectivity index (χ1v) is 9.64. The third-order valence-electron chi connectivity index (χ3n) is 5.44. The molecule has 0 bridgehead atoms. The molecule has 0 N–H and O–H groups in total. The largest absolute Gasteiger partial charge is 0.342 e. The summed E-state index contributed by atoms with van der Waals surface area (Å²) in [4.78, 5) is 17.4. The van der Waals surface area contributed by atoms with Crippen molar-refractivity contribution in [1.29, 1.82) is 0 Å². The summed E-state index contributed by atoms with van der Waals surface area (Å²) in [7, 11) is 0. The van der Waals surface area contributed by atoms with E-state index in [0.717, 1.165) is 50.6 Å². The van der Waals surface area contributed by atoms with E-state index in [1.54, 1.807) is 0 Å². The number of likely N-dealkylation sites (tertiary alicyclic amines) is 2. The smallest absolute Gasteiger partial charge is 0.225 e. The number of halogens is 1. The third-order valence-corrected chi connectivity index (χ3v) is 5.69. The molecule has 0 aliphatic carbocycles. The summed E-state index contributed by atoms with van der Waals surface area (Å²) in [5.74, 6) is 1.91. The van der Waals surface area contributed by atoms with Gasteiger partial charge in [0, 0.05) is 30.6 Å². The summed E-state index contributed by atoms with van der Waals surface area (Å²) >= 11 is 5.95. The molecule has 2 aliphatic heterocycles. The number of benzene rings is 1. The topological polar surface area (TPSA) is 23.6 Å². The highest BCUT2D eigenvalue weighted by atomic mass is 35.5. The van der Waals surface area contributed by atoms with E-state index >= 15 is 0 Å². The van der Waals surface area contributed by atoms with Gasteiger partial charge >= 0.3 is 0 Å². The number of nitrogens with zero attached hydrogens (tertiary/aromatic N) is 2. The Balaban J connectivity index is 1.49. The number of hydrogen-bond donors (Lipinski definition) is 0. The minimum absolute atomic E-state index is 0.226. The van der Waals surface area contributed by atoms with Crippen LogP contribution in [-0.4, -0.2) is 41.9 Å². The number of piperidine rings is 2. The van der Waals surface area contributed by atoms with E-state index in [1.807, 2.05) is 12.1 Å². The zero-order chi connectivity index (χ0) is 17.1. The van der Waals surface area contributed by atoms with E-state index in [9.17, 15) is 4.79 Å². The fraction of sp³-hybridized carbons (Fsp3) is 0.650. The second kappa shape index (κ2) is 7.88. The Labute approximate surface area is 151 Å². The lowest BCUT2D eigenvalue weighted by Gasteiger charge is -2.39. The average molecular weight is 349 g/mol. The Bertz CT molecular complexity index is 541. The summed E-state index contributed by atoms with van der Waals surface area (Å²) in [5.41, 5.74) is 1.29. The van der Waals surface area contributed by atoms with E-state index in [4.69, 9.17) is 11.6 Å². The molecule has 2 saturated heterocycles. The number of amides is 1. The molecule has 1 amide bonds. The Morgan fingerprint density at radius 2 is 1.67 bits per heavy atom. The molecule has 4 heteroatoms. The van der Waals surface area contributed by atoms with E-state index in [2.05, 4.69) is 35.8 Å². The molecular weight excluding hydrogens is 320 g/mol. The van der Waals surface area contributed by atoms with Gasteiger partial charge in [0.15, 0.2) is 0 Å². The van der Waals surface area contributed by atoms with E-state index in [-0.39, 0.29) is 5.92 Å². The SMILES string of the molecule is CC1CC(C)CN(C(=O)C2CCN(Cc3ccc(Cl)cc3)CC2)C1. The summed E-state index contributed by atoms with van der Waals surface area (Å²) in [6.45, 7) is 9.42. The first-order valence-electron chi connectivity index (χ1n) is 9.27. The standard InChI is InChI=1S/C20H29ClN2O/c1-15-11-16(2)13-23(12-15)20(24)18-7-9-22(10-8-18)14-17-3-5-19(21)6-4-17/h3-6,15-16,18H,7-14H2,1-2H3. The van der Waals surface area contributed by atoms with Crippen molar-refractivity contribution in [1.82, 2.24) is 9.80 Å². The maximum absolute atomic E-state index is 12.8. The fourth-order valence-corrected chi connectivity index (χ4v) is 4.41. The second-order valence-electron chi connectivity index (χ2n) is 7.87. The Morgan fingerprint density at radius 3 is 2.25 bits per heavy atom. The number of hydrogen-bond acceptors (Lipinski definition) is 2. The van der Waals surface area contributed by atoms with Gasteiger partial charge in [-0.3, -0.25) is 9.69 Å². The van der Waals surface area contributed by atoms with Crippen LogP contribution in [0, 0.1) is 17.8 Å². The van der Waals surface area contributed by atoms with Crippen molar-refractivity contribution in [2.75, 3.05) is 26.2 Å². The summed E-state index contributed by atoms with van der Waals surface area (Å²) in [6, 6.07) is 8.09. The highest BCUT2D eigenvalue weighted by molar-refractivity contribution is 6.30. The molecule has 2 fully saturated rings. The average Bonchev–Trinajstić information content (AvgIpc) is 2.56. The first kappa shape index (κ1) is 17.8. The molecule has 0 saturated carbocycles. The van der Waals surface area contributed by atoms with Crippen LogP contribution < -0.4 is 0 Å². The van der Waals surface area contributed by atoms with Crippen LogP contribution in [0.25, 0.3) is 0 Å². The molecule has 0 radical (unpaired) electrons. The number of carbonyl (C=O) groups is 1. The predicted octanol–water partition coefficient (Wildman–Crippen LogP) is 4.06. The van der Waals surface area contributed by atoms with E-state index in [1.165, 1.54) is 12.0 Å². The van der Waals surface area contributed by atoms with Crippen LogP contribution in [0.1, 0.15) is 38.7 Å². The van der Waals surface area contributed by atoms with Crippen LogP contribution in [0.4, 0.5) is 0 Å². The van der Waals surface area contributed by atoms with Crippen LogP contribution in [-0.2, 0) is 11.3 Å². The lowest BCUT2D eigenvalue weighted by Crippen LogP contribution is -2.47. The van der Waals surface area contributed by atoms with Gasteiger partial charge in [-0.25, -0.2) is 0 Å². The summed E-state index contributed by atoms with van der Waals surface area (Å²) in [5, 5.41) is 0.785. The molecule has 0 spiro atoms. The van der Waals surface area contributed by atoms with Gasteiger partial charge < -0.3 is 4.90 Å². The van der Waals surface area contributed by atoms with Crippen LogP contribution in [0.15, 0.2) is 24.3 Å². The predicted molar refractivity (Wildman–Crippen MR) is 99.0 cm³/mol. The number of carbonyl (C=O) groups excluding carboxylic acids is 1. The van der Waals surface area contributed by atoms with Crippen molar-refractivity contribution in [3.05, 3.63) is 34.9 Å². The number of rotatable bonds is 3. The minimum Gasteiger partial charge on any atom is -0.342 e. The quantitative estimate of drug-likeness (QED) is 0.822. The summed E-state index contributed by atoms with van der Waals surface area (Å²) in [6.07, 6.45) is 3.24. The molecule has 0 aromatic heterocycles. The lowest BCUT2D eigenvalue weighted by molar-refractivity contribution is -0.139. The monoisotopic (exact) mass is 348 g/mol. The molecule has 1 aromatic rings. The van der Waals surface area contributed by atoms with Gasteiger partial charge in [0.25, 0.3) is 0 Å².